The number of carbonyl (C=O) groups is 2. The second kappa shape index (κ2) is 8.24. The third-order valence-corrected chi connectivity index (χ3v) is 3.78. The van der Waals surface area contributed by atoms with Gasteiger partial charge in [0.25, 0.3) is 5.91 Å². The maximum absolute atomic E-state index is 11.6. The molecule has 0 aromatic heterocycles. The van der Waals surface area contributed by atoms with Crippen LogP contribution in [-0.2, 0) is 24.2 Å². The summed E-state index contributed by atoms with van der Waals surface area (Å²) in [7, 11) is 0. The second-order valence-corrected chi connectivity index (χ2v) is 5.54. The summed E-state index contributed by atoms with van der Waals surface area (Å²) in [4.78, 5) is 22.6. The van der Waals surface area contributed by atoms with E-state index in [4.69, 9.17) is 11.6 Å². The van der Waals surface area contributed by atoms with Crippen molar-refractivity contribution < 1.29 is 9.59 Å². The molecule has 24 heavy (non-hydrogen) atoms. The van der Waals surface area contributed by atoms with E-state index in [2.05, 4.69) is 10.7 Å². The van der Waals surface area contributed by atoms with Crippen molar-refractivity contribution in [3.05, 3.63) is 64.7 Å². The van der Waals surface area contributed by atoms with Crippen LogP contribution in [0.25, 0.3) is 0 Å². The highest BCUT2D eigenvalue weighted by molar-refractivity contribution is 5.94. The van der Waals surface area contributed by atoms with Crippen LogP contribution in [0.4, 0.5) is 5.69 Å². The molecule has 2 aromatic carbocycles. The summed E-state index contributed by atoms with van der Waals surface area (Å²) in [6.45, 7) is 1.85. The number of hydrogen-bond acceptors (Lipinski definition) is 4. The van der Waals surface area contributed by atoms with E-state index in [1.54, 1.807) is 12.1 Å². The van der Waals surface area contributed by atoms with E-state index in [9.17, 15) is 9.59 Å². The molecule has 2 rings (SSSR count). The van der Waals surface area contributed by atoms with E-state index < -0.39 is 0 Å². The molecule has 126 valence electrons. The van der Waals surface area contributed by atoms with Gasteiger partial charge < -0.3 is 11.1 Å². The first kappa shape index (κ1) is 17.7. The smallest absolute Gasteiger partial charge is 0.265 e. The lowest BCUT2D eigenvalue weighted by molar-refractivity contribution is -0.114. The van der Waals surface area contributed by atoms with E-state index in [1.165, 1.54) is 6.92 Å². The molecule has 0 spiro atoms. The molecular formula is C18H22N4O2. The van der Waals surface area contributed by atoms with Gasteiger partial charge in [0.15, 0.2) is 0 Å². The minimum atomic E-state index is -0.329. The monoisotopic (exact) mass is 326 g/mol. The molecule has 6 heteroatoms. The number of aryl methyl sites for hydroxylation is 2. The molecule has 2 aromatic rings. The molecule has 0 aliphatic heterocycles. The Hall–Kier alpha value is -2.70. The Kier molecular flexibility index (Phi) is 6.06. The first-order chi connectivity index (χ1) is 11.5. The largest absolute Gasteiger partial charge is 0.326 e. The van der Waals surface area contributed by atoms with Gasteiger partial charge in [-0.1, -0.05) is 18.2 Å². The Balaban J connectivity index is 2.05. The number of nitrogens with one attached hydrogen (secondary N) is 2. The highest BCUT2D eigenvalue weighted by Crippen LogP contribution is 2.16. The van der Waals surface area contributed by atoms with Gasteiger partial charge in [-0.05, 0) is 53.8 Å². The van der Waals surface area contributed by atoms with Crippen molar-refractivity contribution >= 4 is 17.5 Å². The van der Waals surface area contributed by atoms with Crippen molar-refractivity contribution in [2.24, 2.45) is 11.6 Å². The Bertz CT molecular complexity index is 726. The maximum atomic E-state index is 11.6. The van der Waals surface area contributed by atoms with Crippen molar-refractivity contribution in [2.75, 3.05) is 5.32 Å². The molecule has 2 amide bonds. The number of hydrogen-bond donors (Lipinski definition) is 4. The summed E-state index contributed by atoms with van der Waals surface area (Å²) >= 11 is 0. The van der Waals surface area contributed by atoms with E-state index in [0.717, 1.165) is 35.2 Å². The van der Waals surface area contributed by atoms with Crippen molar-refractivity contribution in [3.63, 3.8) is 0 Å². The lowest BCUT2D eigenvalue weighted by atomic mass is 9.97. The average molecular weight is 326 g/mol. The van der Waals surface area contributed by atoms with Crippen LogP contribution in [0.2, 0.25) is 0 Å². The number of nitrogen functional groups attached to an aromatic ring is 1. The quantitative estimate of drug-likeness (QED) is 0.366. The molecule has 0 aliphatic rings. The molecule has 0 saturated heterocycles. The molecule has 0 heterocycles. The van der Waals surface area contributed by atoms with E-state index >= 15 is 0 Å². The van der Waals surface area contributed by atoms with E-state index in [1.807, 2.05) is 30.3 Å². The fourth-order valence-electron chi connectivity index (χ4n) is 2.52. The molecule has 0 radical (unpaired) electrons. The summed E-state index contributed by atoms with van der Waals surface area (Å²) < 4.78 is 0. The van der Waals surface area contributed by atoms with Gasteiger partial charge in [0, 0.05) is 24.7 Å². The minimum absolute atomic E-state index is 0.0862. The normalized spacial score (nSPS) is 10.3. The standard InChI is InChI=1S/C18H22N4O2/c1-12(23)21-17-8-3-13(4-9-17)2-5-14-6-7-15(18(24)22-20)10-16(14)11-19/h3-4,6-10H,2,5,11,19-20H2,1H3,(H,21,23)(H,22,24). The molecule has 0 fully saturated rings. The Morgan fingerprint density at radius 3 is 2.29 bits per heavy atom. The number of benzene rings is 2. The van der Waals surface area contributed by atoms with Crippen LogP contribution in [0.1, 0.15) is 34.0 Å². The van der Waals surface area contributed by atoms with Crippen LogP contribution < -0.4 is 22.3 Å². The van der Waals surface area contributed by atoms with Gasteiger partial charge in [-0.2, -0.15) is 0 Å². The highest BCUT2D eigenvalue weighted by Gasteiger charge is 2.08. The molecule has 0 aliphatic carbocycles. The highest BCUT2D eigenvalue weighted by atomic mass is 16.2. The molecular weight excluding hydrogens is 304 g/mol. The Labute approximate surface area is 141 Å². The van der Waals surface area contributed by atoms with Crippen molar-refractivity contribution in [3.8, 4) is 0 Å². The topological polar surface area (TPSA) is 110 Å². The van der Waals surface area contributed by atoms with Gasteiger partial charge >= 0.3 is 0 Å². The summed E-state index contributed by atoms with van der Waals surface area (Å²) in [5, 5.41) is 2.74. The number of nitrogens with two attached hydrogens (primary N) is 2. The number of carbonyl (C=O) groups excluding carboxylic acids is 2. The summed E-state index contributed by atoms with van der Waals surface area (Å²) in [5.74, 6) is 4.74. The number of rotatable bonds is 6. The third kappa shape index (κ3) is 4.65. The number of amides is 2. The van der Waals surface area contributed by atoms with Crippen LogP contribution in [0.5, 0.6) is 0 Å². The van der Waals surface area contributed by atoms with Crippen LogP contribution in [0.15, 0.2) is 42.5 Å². The van der Waals surface area contributed by atoms with E-state index in [-0.39, 0.29) is 11.8 Å². The predicted molar refractivity (Wildman–Crippen MR) is 94.1 cm³/mol. The van der Waals surface area contributed by atoms with Crippen molar-refractivity contribution in [2.45, 2.75) is 26.3 Å². The van der Waals surface area contributed by atoms with Gasteiger partial charge in [-0.25, -0.2) is 5.84 Å². The number of hydrazine groups is 1. The molecule has 0 saturated carbocycles. The number of anilines is 1. The predicted octanol–water partition coefficient (Wildman–Crippen LogP) is 1.49. The molecule has 6 nitrogen and oxygen atoms in total. The molecule has 0 unspecified atom stereocenters. The van der Waals surface area contributed by atoms with Gasteiger partial charge in [-0.3, -0.25) is 15.0 Å². The van der Waals surface area contributed by atoms with Crippen LogP contribution >= 0.6 is 0 Å². The molecule has 6 N–H and O–H groups in total. The molecule has 0 atom stereocenters. The zero-order valence-electron chi connectivity index (χ0n) is 13.6. The minimum Gasteiger partial charge on any atom is -0.326 e. The first-order valence-electron chi connectivity index (χ1n) is 7.73. The van der Waals surface area contributed by atoms with Crippen LogP contribution in [0, 0.1) is 0 Å². The van der Waals surface area contributed by atoms with Gasteiger partial charge in [0.05, 0.1) is 0 Å². The summed E-state index contributed by atoms with van der Waals surface area (Å²) in [6.07, 6.45) is 1.66. The Morgan fingerprint density at radius 2 is 1.71 bits per heavy atom. The van der Waals surface area contributed by atoms with Crippen molar-refractivity contribution in [1.29, 1.82) is 0 Å². The third-order valence-electron chi connectivity index (χ3n) is 3.78. The maximum Gasteiger partial charge on any atom is 0.265 e. The van der Waals surface area contributed by atoms with Crippen LogP contribution in [-0.4, -0.2) is 11.8 Å². The van der Waals surface area contributed by atoms with Crippen molar-refractivity contribution in [1.82, 2.24) is 5.43 Å². The Morgan fingerprint density at radius 1 is 1.00 bits per heavy atom. The zero-order valence-corrected chi connectivity index (χ0v) is 13.6. The van der Waals surface area contributed by atoms with Gasteiger partial charge in [0.2, 0.25) is 5.91 Å². The summed E-state index contributed by atoms with van der Waals surface area (Å²) in [5.41, 5.74) is 12.4. The van der Waals surface area contributed by atoms with Crippen LogP contribution in [0.3, 0.4) is 0 Å². The fraction of sp³-hybridized carbons (Fsp3) is 0.222. The SMILES string of the molecule is CC(=O)Nc1ccc(CCc2ccc(C(=O)NN)cc2CN)cc1. The fourth-order valence-corrected chi connectivity index (χ4v) is 2.52. The lowest BCUT2D eigenvalue weighted by Gasteiger charge is -2.10. The zero-order chi connectivity index (χ0) is 17.5. The average Bonchev–Trinajstić information content (AvgIpc) is 2.59. The molecule has 0 bridgehead atoms. The van der Waals surface area contributed by atoms with E-state index in [0.29, 0.717) is 12.1 Å². The first-order valence-corrected chi connectivity index (χ1v) is 7.73. The summed E-state index contributed by atoms with van der Waals surface area (Å²) in [6, 6.07) is 13.2. The second-order valence-electron chi connectivity index (χ2n) is 5.54. The van der Waals surface area contributed by atoms with Gasteiger partial charge in [0.1, 0.15) is 0 Å². The van der Waals surface area contributed by atoms with Gasteiger partial charge in [-0.15, -0.1) is 0 Å². The lowest BCUT2D eigenvalue weighted by Crippen LogP contribution is -2.30.